The average molecular weight is 404 g/mol. The Morgan fingerprint density at radius 1 is 0.964 bits per heavy atom. The van der Waals surface area contributed by atoms with Gasteiger partial charge in [-0.15, -0.1) is 0 Å². The summed E-state index contributed by atoms with van der Waals surface area (Å²) in [6.45, 7) is 1.05. The third-order valence-electron chi connectivity index (χ3n) is 4.06. The fourth-order valence-corrected chi connectivity index (χ4v) is 2.67. The molecule has 0 saturated carbocycles. The Balaban J connectivity index is 2.19. The molecule has 0 aliphatic heterocycles. The molecule has 2 rings (SSSR count). The number of benzene rings is 2. The van der Waals surface area contributed by atoms with Crippen molar-refractivity contribution in [2.45, 2.75) is 32.5 Å². The van der Waals surface area contributed by atoms with E-state index >= 15 is 0 Å². The predicted octanol–water partition coefficient (Wildman–Crippen LogP) is 5.84. The van der Waals surface area contributed by atoms with Crippen LogP contribution >= 0.6 is 0 Å². The Morgan fingerprint density at radius 2 is 1.54 bits per heavy atom. The van der Waals surface area contributed by atoms with Crippen LogP contribution in [0.25, 0.3) is 5.57 Å². The van der Waals surface area contributed by atoms with Crippen molar-refractivity contribution in [3.8, 4) is 0 Å². The first-order valence-corrected chi connectivity index (χ1v) is 8.26. The van der Waals surface area contributed by atoms with Crippen LogP contribution in [0.5, 0.6) is 0 Å². The van der Waals surface area contributed by atoms with Gasteiger partial charge in [0.25, 0.3) is 0 Å². The number of ether oxygens (including phenoxy) is 1. The molecule has 2 nitrogen and oxygen atoms in total. The highest BCUT2D eigenvalue weighted by Crippen LogP contribution is 2.36. The lowest BCUT2D eigenvalue weighted by Crippen LogP contribution is -2.12. The molecule has 28 heavy (non-hydrogen) atoms. The second kappa shape index (κ2) is 8.79. The molecule has 0 aliphatic rings. The van der Waals surface area contributed by atoms with Crippen LogP contribution in [0.1, 0.15) is 34.7 Å². The van der Waals surface area contributed by atoms with Gasteiger partial charge in [0.05, 0.1) is 30.9 Å². The van der Waals surface area contributed by atoms with Gasteiger partial charge >= 0.3 is 12.4 Å². The summed E-state index contributed by atoms with van der Waals surface area (Å²) in [5, 5.41) is 9.40. The molecule has 8 heteroatoms. The minimum Gasteiger partial charge on any atom is -0.392 e. The van der Waals surface area contributed by atoms with Crippen LogP contribution in [-0.2, 0) is 30.3 Å². The van der Waals surface area contributed by atoms with E-state index in [1.165, 1.54) is 0 Å². The van der Waals surface area contributed by atoms with E-state index in [0.29, 0.717) is 28.8 Å². The molecule has 0 radical (unpaired) electrons. The molecule has 0 fully saturated rings. The summed E-state index contributed by atoms with van der Waals surface area (Å²) in [6.07, 6.45) is -8.09. The van der Waals surface area contributed by atoms with Crippen molar-refractivity contribution >= 4 is 5.57 Å². The smallest absolute Gasteiger partial charge is 0.392 e. The number of hydrogen-bond donors (Lipinski definition) is 1. The Morgan fingerprint density at radius 3 is 2.04 bits per heavy atom. The molecule has 0 atom stereocenters. The zero-order valence-corrected chi connectivity index (χ0v) is 14.9. The SMILES string of the molecule is C/C=C(\COCc1cc(C(F)(F)F)cc(C(F)(F)F)c1)c1ccccc1CO. The summed E-state index contributed by atoms with van der Waals surface area (Å²) in [6, 6.07) is 8.32. The van der Waals surface area contributed by atoms with Gasteiger partial charge in [-0.25, -0.2) is 0 Å². The number of allylic oxidation sites excluding steroid dienone is 1. The first kappa shape index (κ1) is 22.0. The zero-order valence-electron chi connectivity index (χ0n) is 14.9. The maximum Gasteiger partial charge on any atom is 0.416 e. The molecular formula is C20H18F6O2. The average Bonchev–Trinajstić information content (AvgIpc) is 2.63. The molecule has 0 saturated heterocycles. The second-order valence-corrected chi connectivity index (χ2v) is 6.04. The molecule has 0 bridgehead atoms. The van der Waals surface area contributed by atoms with Gasteiger partial charge in [-0.05, 0) is 47.4 Å². The lowest BCUT2D eigenvalue weighted by atomic mass is 10.0. The fourth-order valence-electron chi connectivity index (χ4n) is 2.67. The lowest BCUT2D eigenvalue weighted by Gasteiger charge is -2.15. The van der Waals surface area contributed by atoms with E-state index in [9.17, 15) is 31.4 Å². The van der Waals surface area contributed by atoms with Crippen LogP contribution in [0.15, 0.2) is 48.5 Å². The topological polar surface area (TPSA) is 29.5 Å². The van der Waals surface area contributed by atoms with E-state index in [4.69, 9.17) is 4.74 Å². The summed E-state index contributed by atoms with van der Waals surface area (Å²) in [4.78, 5) is 0. The van der Waals surface area contributed by atoms with Crippen LogP contribution in [0.2, 0.25) is 0 Å². The maximum absolute atomic E-state index is 12.9. The van der Waals surface area contributed by atoms with Crippen LogP contribution in [0.4, 0.5) is 26.3 Å². The zero-order chi connectivity index (χ0) is 20.9. The highest BCUT2D eigenvalue weighted by Gasteiger charge is 2.36. The standard InChI is InChI=1S/C20H18F6O2/c1-2-14(18-6-4-3-5-15(18)10-27)12-28-11-13-7-16(19(21,22)23)9-17(8-13)20(24,25)26/h2-9,27H,10-12H2,1H3/b14-2+. The van der Waals surface area contributed by atoms with Gasteiger partial charge < -0.3 is 9.84 Å². The first-order valence-electron chi connectivity index (χ1n) is 8.26. The van der Waals surface area contributed by atoms with Crippen molar-refractivity contribution in [1.82, 2.24) is 0 Å². The lowest BCUT2D eigenvalue weighted by molar-refractivity contribution is -0.143. The van der Waals surface area contributed by atoms with Crippen LogP contribution < -0.4 is 0 Å². The minimum atomic E-state index is -4.90. The normalized spacial score (nSPS) is 13.1. The number of rotatable bonds is 6. The third kappa shape index (κ3) is 5.59. The highest BCUT2D eigenvalue weighted by atomic mass is 19.4. The Kier molecular flexibility index (Phi) is 6.90. The number of alkyl halides is 6. The van der Waals surface area contributed by atoms with Crippen molar-refractivity contribution in [2.75, 3.05) is 6.61 Å². The van der Waals surface area contributed by atoms with Crippen molar-refractivity contribution in [3.63, 3.8) is 0 Å². The Hall–Kier alpha value is -2.32. The molecule has 1 N–H and O–H groups in total. The summed E-state index contributed by atoms with van der Waals surface area (Å²) in [5.74, 6) is 0. The van der Waals surface area contributed by atoms with Gasteiger partial charge in [0.15, 0.2) is 0 Å². The van der Waals surface area contributed by atoms with Gasteiger partial charge in [0.2, 0.25) is 0 Å². The molecule has 0 aromatic heterocycles. The minimum absolute atomic E-state index is 0.0366. The number of hydrogen-bond acceptors (Lipinski definition) is 2. The van der Waals surface area contributed by atoms with Crippen molar-refractivity contribution < 1.29 is 36.2 Å². The first-order chi connectivity index (χ1) is 13.1. The monoisotopic (exact) mass is 404 g/mol. The van der Waals surface area contributed by atoms with E-state index in [0.717, 1.165) is 0 Å². The van der Waals surface area contributed by atoms with E-state index in [2.05, 4.69) is 0 Å². The van der Waals surface area contributed by atoms with Gasteiger partial charge in [0, 0.05) is 0 Å². The number of halogens is 6. The molecule has 152 valence electrons. The van der Waals surface area contributed by atoms with Crippen molar-refractivity contribution in [1.29, 1.82) is 0 Å². The van der Waals surface area contributed by atoms with Crippen LogP contribution in [0, 0.1) is 0 Å². The quantitative estimate of drug-likeness (QED) is 0.614. The third-order valence-corrected chi connectivity index (χ3v) is 4.06. The number of aliphatic hydroxyl groups excluding tert-OH is 1. The van der Waals surface area contributed by atoms with Crippen molar-refractivity contribution in [3.05, 3.63) is 76.4 Å². The van der Waals surface area contributed by atoms with Gasteiger partial charge in [-0.1, -0.05) is 30.3 Å². The molecule has 2 aromatic carbocycles. The fraction of sp³-hybridized carbons (Fsp3) is 0.300. The molecule has 0 unspecified atom stereocenters. The summed E-state index contributed by atoms with van der Waals surface area (Å²) in [7, 11) is 0. The van der Waals surface area contributed by atoms with E-state index in [1.807, 2.05) is 0 Å². The van der Waals surface area contributed by atoms with Gasteiger partial charge in [-0.3, -0.25) is 0 Å². The molecule has 0 spiro atoms. The van der Waals surface area contributed by atoms with Crippen molar-refractivity contribution in [2.24, 2.45) is 0 Å². The highest BCUT2D eigenvalue weighted by molar-refractivity contribution is 5.68. The Labute approximate surface area is 158 Å². The largest absolute Gasteiger partial charge is 0.416 e. The predicted molar refractivity (Wildman–Crippen MR) is 92.1 cm³/mol. The Bertz CT molecular complexity index is 805. The van der Waals surface area contributed by atoms with E-state index in [1.54, 1.807) is 37.3 Å². The van der Waals surface area contributed by atoms with Gasteiger partial charge in [-0.2, -0.15) is 26.3 Å². The molecule has 0 heterocycles. The summed E-state index contributed by atoms with van der Waals surface area (Å²) >= 11 is 0. The van der Waals surface area contributed by atoms with E-state index < -0.39 is 30.1 Å². The summed E-state index contributed by atoms with van der Waals surface area (Å²) < 4.78 is 82.8. The summed E-state index contributed by atoms with van der Waals surface area (Å²) in [5.41, 5.74) is -0.985. The van der Waals surface area contributed by atoms with Crippen LogP contribution in [0.3, 0.4) is 0 Å². The number of aliphatic hydroxyl groups is 1. The molecular weight excluding hydrogens is 386 g/mol. The van der Waals surface area contributed by atoms with Gasteiger partial charge in [0.1, 0.15) is 0 Å². The second-order valence-electron chi connectivity index (χ2n) is 6.04. The molecule has 2 aromatic rings. The maximum atomic E-state index is 12.9. The van der Waals surface area contributed by atoms with E-state index in [-0.39, 0.29) is 24.8 Å². The van der Waals surface area contributed by atoms with Crippen LogP contribution in [-0.4, -0.2) is 11.7 Å². The molecule has 0 aliphatic carbocycles. The molecule has 0 amide bonds.